The normalized spacial score (nSPS) is 11.2. The van der Waals surface area contributed by atoms with Crippen molar-refractivity contribution in [1.29, 1.82) is 0 Å². The lowest BCUT2D eigenvalue weighted by Crippen LogP contribution is -2.23. The highest BCUT2D eigenvalue weighted by Gasteiger charge is 2.12. The number of halogens is 1. The highest BCUT2D eigenvalue weighted by atomic mass is 35.5. The van der Waals surface area contributed by atoms with Crippen LogP contribution in [0.2, 0.25) is 5.15 Å². The van der Waals surface area contributed by atoms with Crippen LogP contribution in [-0.2, 0) is 0 Å². The van der Waals surface area contributed by atoms with Crippen LogP contribution in [0.1, 0.15) is 13.8 Å². The number of hydrogen-bond donors (Lipinski definition) is 2. The fourth-order valence-electron chi connectivity index (χ4n) is 3.13. The molecular weight excluding hydrogens is 348 g/mol. The zero-order valence-corrected chi connectivity index (χ0v) is 15.4. The van der Waals surface area contributed by atoms with E-state index in [1.807, 2.05) is 24.3 Å². The molecule has 2 N–H and O–H groups in total. The number of nitrogens with zero attached hydrogens (tertiary/aromatic N) is 4. The quantitative estimate of drug-likeness (QED) is 0.499. The summed E-state index contributed by atoms with van der Waals surface area (Å²) in [6.45, 7) is 5.99. The molecule has 0 bridgehead atoms. The first-order chi connectivity index (χ1) is 12.7. The van der Waals surface area contributed by atoms with E-state index < -0.39 is 0 Å². The number of hydrogen-bond acceptors (Lipinski definition) is 5. The molecule has 0 saturated carbocycles. The second kappa shape index (κ2) is 6.80. The molecule has 4 rings (SSSR count). The van der Waals surface area contributed by atoms with Crippen LogP contribution in [0.15, 0.2) is 42.6 Å². The number of aromatic amines is 1. The van der Waals surface area contributed by atoms with Gasteiger partial charge >= 0.3 is 0 Å². The van der Waals surface area contributed by atoms with E-state index in [4.69, 9.17) is 11.6 Å². The molecule has 6 nitrogen and oxygen atoms in total. The summed E-state index contributed by atoms with van der Waals surface area (Å²) in [6.07, 6.45) is 1.76. The summed E-state index contributed by atoms with van der Waals surface area (Å²) in [7, 11) is 0. The van der Waals surface area contributed by atoms with E-state index >= 15 is 0 Å². The highest BCUT2D eigenvalue weighted by Crippen LogP contribution is 2.31. The molecule has 0 aliphatic heterocycles. The van der Waals surface area contributed by atoms with E-state index in [-0.39, 0.29) is 0 Å². The molecule has 3 heterocycles. The van der Waals surface area contributed by atoms with Crippen molar-refractivity contribution in [3.63, 3.8) is 0 Å². The second-order valence-corrected chi connectivity index (χ2v) is 6.36. The molecule has 0 saturated heterocycles. The number of nitrogens with one attached hydrogen (secondary N) is 2. The Labute approximate surface area is 156 Å². The van der Waals surface area contributed by atoms with E-state index in [0.717, 1.165) is 46.4 Å². The number of rotatable bonds is 5. The van der Waals surface area contributed by atoms with E-state index in [2.05, 4.69) is 56.4 Å². The molecule has 26 heavy (non-hydrogen) atoms. The number of aromatic nitrogens is 4. The van der Waals surface area contributed by atoms with Gasteiger partial charge in [-0.15, -0.1) is 0 Å². The molecule has 132 valence electrons. The van der Waals surface area contributed by atoms with Crippen molar-refractivity contribution in [3.8, 4) is 0 Å². The highest BCUT2D eigenvalue weighted by molar-refractivity contribution is 6.30. The van der Waals surface area contributed by atoms with Crippen LogP contribution < -0.4 is 10.2 Å². The fraction of sp³-hybridized carbons (Fsp3) is 0.211. The molecule has 7 heteroatoms. The van der Waals surface area contributed by atoms with Crippen LogP contribution in [0.4, 0.5) is 17.3 Å². The summed E-state index contributed by atoms with van der Waals surface area (Å²) < 4.78 is 0. The van der Waals surface area contributed by atoms with Gasteiger partial charge in [0.2, 0.25) is 0 Å². The summed E-state index contributed by atoms with van der Waals surface area (Å²) >= 11 is 6.27. The molecule has 0 atom stereocenters. The average Bonchev–Trinajstić information content (AvgIpc) is 3.05. The SMILES string of the molecule is CCN(CC)c1nc(Cl)cc2cc(Nc3n[nH]c4cccnc34)ccc12. The molecule has 0 radical (unpaired) electrons. The van der Waals surface area contributed by atoms with Gasteiger partial charge in [-0.1, -0.05) is 11.6 Å². The third-order valence-corrected chi connectivity index (χ3v) is 4.62. The van der Waals surface area contributed by atoms with Crippen LogP contribution in [0.5, 0.6) is 0 Å². The second-order valence-electron chi connectivity index (χ2n) is 5.97. The summed E-state index contributed by atoms with van der Waals surface area (Å²) in [6, 6.07) is 11.9. The molecule has 0 unspecified atom stereocenters. The standard InChI is InChI=1S/C19H19ClN6/c1-3-26(4-2)19-14-8-7-13(10-12(14)11-16(20)23-19)22-18-17-15(24-25-18)6-5-9-21-17/h5-11H,3-4H2,1-2H3,(H2,22,24,25). The predicted molar refractivity (Wildman–Crippen MR) is 107 cm³/mol. The number of anilines is 3. The van der Waals surface area contributed by atoms with Gasteiger partial charge in [-0.2, -0.15) is 5.10 Å². The first kappa shape index (κ1) is 16.6. The summed E-state index contributed by atoms with van der Waals surface area (Å²) in [5.74, 6) is 1.61. The lowest BCUT2D eigenvalue weighted by Gasteiger charge is -2.22. The molecule has 4 aromatic rings. The van der Waals surface area contributed by atoms with E-state index in [9.17, 15) is 0 Å². The Morgan fingerprint density at radius 2 is 2.00 bits per heavy atom. The Balaban J connectivity index is 1.76. The van der Waals surface area contributed by atoms with Crippen molar-refractivity contribution in [2.24, 2.45) is 0 Å². The lowest BCUT2D eigenvalue weighted by molar-refractivity contribution is 0.852. The maximum Gasteiger partial charge on any atom is 0.178 e. The van der Waals surface area contributed by atoms with Gasteiger partial charge in [-0.05, 0) is 55.6 Å². The lowest BCUT2D eigenvalue weighted by atomic mass is 10.1. The first-order valence-electron chi connectivity index (χ1n) is 8.61. The maximum atomic E-state index is 6.27. The number of fused-ring (bicyclic) bond motifs is 2. The van der Waals surface area contributed by atoms with Gasteiger partial charge in [0.25, 0.3) is 0 Å². The van der Waals surface area contributed by atoms with Gasteiger partial charge in [-0.3, -0.25) is 10.1 Å². The Kier molecular flexibility index (Phi) is 4.34. The minimum atomic E-state index is 0.489. The number of benzene rings is 1. The third-order valence-electron chi connectivity index (χ3n) is 4.43. The molecule has 0 aliphatic rings. The first-order valence-corrected chi connectivity index (χ1v) is 8.98. The zero-order valence-electron chi connectivity index (χ0n) is 14.6. The van der Waals surface area contributed by atoms with Crippen molar-refractivity contribution < 1.29 is 0 Å². The maximum absolute atomic E-state index is 6.27. The van der Waals surface area contributed by atoms with Crippen molar-refractivity contribution in [2.45, 2.75) is 13.8 Å². The summed E-state index contributed by atoms with van der Waals surface area (Å²) in [5.41, 5.74) is 2.63. The third kappa shape index (κ3) is 2.93. The molecule has 0 amide bonds. The van der Waals surface area contributed by atoms with Gasteiger partial charge in [0.15, 0.2) is 5.82 Å². The predicted octanol–water partition coefficient (Wildman–Crippen LogP) is 4.75. The minimum absolute atomic E-state index is 0.489. The van der Waals surface area contributed by atoms with E-state index in [1.165, 1.54) is 0 Å². The fourth-order valence-corrected chi connectivity index (χ4v) is 3.32. The van der Waals surface area contributed by atoms with Crippen molar-refractivity contribution in [1.82, 2.24) is 20.2 Å². The van der Waals surface area contributed by atoms with Crippen molar-refractivity contribution in [3.05, 3.63) is 47.7 Å². The van der Waals surface area contributed by atoms with Gasteiger partial charge < -0.3 is 10.2 Å². The zero-order chi connectivity index (χ0) is 18.1. The smallest absolute Gasteiger partial charge is 0.178 e. The Morgan fingerprint density at radius 1 is 1.15 bits per heavy atom. The molecular formula is C19H19ClN6. The van der Waals surface area contributed by atoms with Crippen LogP contribution in [0.25, 0.3) is 21.8 Å². The Hall–Kier alpha value is -2.86. The molecule has 3 aromatic heterocycles. The van der Waals surface area contributed by atoms with E-state index in [0.29, 0.717) is 11.0 Å². The van der Waals surface area contributed by atoms with Crippen LogP contribution in [0, 0.1) is 0 Å². The molecule has 1 aromatic carbocycles. The molecule has 0 aliphatic carbocycles. The topological polar surface area (TPSA) is 69.7 Å². The van der Waals surface area contributed by atoms with Gasteiger partial charge in [0.05, 0.1) is 5.52 Å². The van der Waals surface area contributed by atoms with Gasteiger partial charge in [0.1, 0.15) is 16.5 Å². The molecule has 0 spiro atoms. The van der Waals surface area contributed by atoms with Gasteiger partial charge in [-0.25, -0.2) is 4.98 Å². The molecule has 0 fully saturated rings. The minimum Gasteiger partial charge on any atom is -0.357 e. The average molecular weight is 367 g/mol. The largest absolute Gasteiger partial charge is 0.357 e. The van der Waals surface area contributed by atoms with Crippen LogP contribution in [0.3, 0.4) is 0 Å². The number of pyridine rings is 2. The van der Waals surface area contributed by atoms with E-state index in [1.54, 1.807) is 6.20 Å². The number of H-pyrrole nitrogens is 1. The summed E-state index contributed by atoms with van der Waals surface area (Å²) in [4.78, 5) is 11.1. The Bertz CT molecular complexity index is 1070. The monoisotopic (exact) mass is 366 g/mol. The van der Waals surface area contributed by atoms with Gasteiger partial charge in [0, 0.05) is 30.4 Å². The van der Waals surface area contributed by atoms with Crippen LogP contribution >= 0.6 is 11.6 Å². The van der Waals surface area contributed by atoms with Crippen molar-refractivity contribution >= 4 is 50.7 Å². The summed E-state index contributed by atoms with van der Waals surface area (Å²) in [5, 5.41) is 13.2. The van der Waals surface area contributed by atoms with Crippen molar-refractivity contribution in [2.75, 3.05) is 23.3 Å². The Morgan fingerprint density at radius 3 is 2.81 bits per heavy atom. The van der Waals surface area contributed by atoms with Crippen LogP contribution in [-0.4, -0.2) is 33.3 Å².